The van der Waals surface area contributed by atoms with Gasteiger partial charge in [-0.1, -0.05) is 61.5 Å². The molecule has 3 rings (SSSR count). The third-order valence-corrected chi connectivity index (χ3v) is 4.52. The van der Waals surface area contributed by atoms with Crippen molar-refractivity contribution in [3.05, 3.63) is 78.0 Å². The summed E-state index contributed by atoms with van der Waals surface area (Å²) in [5.41, 5.74) is 3.37. The normalized spacial score (nSPS) is 12.7. The summed E-state index contributed by atoms with van der Waals surface area (Å²) >= 11 is 0. The number of para-hydroxylation sites is 1. The Labute approximate surface area is 166 Å². The average Bonchev–Trinajstić information content (AvgIpc) is 2.74. The first-order chi connectivity index (χ1) is 13.8. The number of hydrogen-bond donors (Lipinski definition) is 2. The number of nitrogens with zero attached hydrogens (tertiary/aromatic N) is 2. The molecule has 0 fully saturated rings. The van der Waals surface area contributed by atoms with Crippen molar-refractivity contribution in [3.63, 3.8) is 0 Å². The van der Waals surface area contributed by atoms with Gasteiger partial charge in [0, 0.05) is 31.7 Å². The van der Waals surface area contributed by atoms with Gasteiger partial charge in [-0.05, 0) is 23.1 Å². The summed E-state index contributed by atoms with van der Waals surface area (Å²) in [6, 6.07) is 20.5. The number of guanidine groups is 1. The maximum Gasteiger partial charge on any atom is 0.191 e. The Morgan fingerprint density at radius 3 is 2.68 bits per heavy atom. The Morgan fingerprint density at radius 2 is 1.86 bits per heavy atom. The lowest BCUT2D eigenvalue weighted by Gasteiger charge is -2.16. The number of rotatable bonds is 8. The second kappa shape index (κ2) is 10.4. The topological polar surface area (TPSA) is 58.5 Å². The van der Waals surface area contributed by atoms with Crippen LogP contribution in [-0.2, 0) is 17.9 Å². The second-order valence-corrected chi connectivity index (χ2v) is 6.90. The first-order valence-corrected chi connectivity index (χ1v) is 9.65. The molecule has 0 aliphatic heterocycles. The van der Waals surface area contributed by atoms with Crippen molar-refractivity contribution in [3.8, 4) is 0 Å². The van der Waals surface area contributed by atoms with E-state index in [4.69, 9.17) is 4.74 Å². The summed E-state index contributed by atoms with van der Waals surface area (Å²) < 4.78 is 5.82. The number of ether oxygens (including phenoxy) is 1. The summed E-state index contributed by atoms with van der Waals surface area (Å²) in [4.78, 5) is 8.82. The number of fused-ring (bicyclic) bond motifs is 1. The molecule has 5 nitrogen and oxygen atoms in total. The van der Waals surface area contributed by atoms with E-state index in [2.05, 4.69) is 63.9 Å². The molecule has 1 heterocycles. The minimum atomic E-state index is 0.376. The highest BCUT2D eigenvalue weighted by atomic mass is 16.5. The summed E-state index contributed by atoms with van der Waals surface area (Å²) in [5, 5.41) is 7.90. The van der Waals surface area contributed by atoms with Crippen molar-refractivity contribution in [1.82, 2.24) is 15.6 Å². The van der Waals surface area contributed by atoms with Crippen LogP contribution < -0.4 is 10.6 Å². The Balaban J connectivity index is 1.43. The minimum absolute atomic E-state index is 0.376. The lowest BCUT2D eigenvalue weighted by Crippen LogP contribution is -2.39. The molecule has 1 aromatic heterocycles. The second-order valence-electron chi connectivity index (χ2n) is 6.90. The molecule has 0 bridgehead atoms. The molecule has 146 valence electrons. The van der Waals surface area contributed by atoms with Gasteiger partial charge in [0.2, 0.25) is 0 Å². The van der Waals surface area contributed by atoms with Crippen molar-refractivity contribution < 1.29 is 4.74 Å². The van der Waals surface area contributed by atoms with Crippen LogP contribution in [0.4, 0.5) is 0 Å². The lowest BCUT2D eigenvalue weighted by atomic mass is 10.1. The molecule has 0 saturated carbocycles. The molecule has 1 atom stereocenters. The molecule has 5 heteroatoms. The molecule has 0 spiro atoms. The quantitative estimate of drug-likeness (QED) is 0.464. The fraction of sp³-hybridized carbons (Fsp3) is 0.304. The van der Waals surface area contributed by atoms with Gasteiger partial charge in [-0.25, -0.2) is 0 Å². The number of nitrogens with one attached hydrogen (secondary N) is 2. The molecule has 3 aromatic rings. The Hall–Kier alpha value is -2.92. The van der Waals surface area contributed by atoms with Crippen molar-refractivity contribution >= 4 is 16.9 Å². The first kappa shape index (κ1) is 19.8. The van der Waals surface area contributed by atoms with Crippen LogP contribution in [0.15, 0.2) is 71.9 Å². The van der Waals surface area contributed by atoms with Crippen molar-refractivity contribution in [2.75, 3.05) is 20.2 Å². The van der Waals surface area contributed by atoms with Gasteiger partial charge in [0.05, 0.1) is 18.7 Å². The SMILES string of the molecule is CN=C(NCc1cccc2cccnc12)NCC(C)COCc1ccccc1. The van der Waals surface area contributed by atoms with E-state index in [-0.39, 0.29) is 0 Å². The first-order valence-electron chi connectivity index (χ1n) is 9.65. The van der Waals surface area contributed by atoms with Crippen molar-refractivity contribution in [2.45, 2.75) is 20.1 Å². The maximum atomic E-state index is 5.82. The number of benzene rings is 2. The van der Waals surface area contributed by atoms with Gasteiger partial charge < -0.3 is 15.4 Å². The molecule has 0 radical (unpaired) electrons. The molecule has 0 amide bonds. The predicted octanol–water partition coefficient (Wildman–Crippen LogP) is 3.75. The Morgan fingerprint density at radius 1 is 1.04 bits per heavy atom. The van der Waals surface area contributed by atoms with Crippen LogP contribution in [0.2, 0.25) is 0 Å². The van der Waals surface area contributed by atoms with Gasteiger partial charge in [0.1, 0.15) is 0 Å². The largest absolute Gasteiger partial charge is 0.376 e. The molecule has 28 heavy (non-hydrogen) atoms. The zero-order valence-corrected chi connectivity index (χ0v) is 16.6. The third kappa shape index (κ3) is 5.79. The monoisotopic (exact) mass is 376 g/mol. The standard InChI is InChI=1S/C23H28N4O/c1-18(16-28-17-19-8-4-3-5-9-19)14-26-23(24-2)27-15-21-11-6-10-20-12-7-13-25-22(20)21/h3-13,18H,14-17H2,1-2H3,(H2,24,26,27). The highest BCUT2D eigenvalue weighted by Crippen LogP contribution is 2.15. The molecule has 1 unspecified atom stereocenters. The van der Waals surface area contributed by atoms with Gasteiger partial charge in [0.15, 0.2) is 5.96 Å². The van der Waals surface area contributed by atoms with Gasteiger partial charge in [-0.2, -0.15) is 0 Å². The molecule has 2 aromatic carbocycles. The van der Waals surface area contributed by atoms with Gasteiger partial charge in [-0.3, -0.25) is 9.98 Å². The highest BCUT2D eigenvalue weighted by Gasteiger charge is 2.06. The van der Waals surface area contributed by atoms with E-state index in [1.165, 1.54) is 5.56 Å². The van der Waals surface area contributed by atoms with Gasteiger partial charge >= 0.3 is 0 Å². The minimum Gasteiger partial charge on any atom is -0.376 e. The van der Waals surface area contributed by atoms with Crippen LogP contribution in [0, 0.1) is 5.92 Å². The molecular weight excluding hydrogens is 348 g/mol. The summed E-state index contributed by atoms with van der Waals surface area (Å²) in [7, 11) is 1.78. The van der Waals surface area contributed by atoms with Crippen LogP contribution in [-0.4, -0.2) is 31.1 Å². The highest BCUT2D eigenvalue weighted by molar-refractivity contribution is 5.83. The number of aliphatic imine (C=N–C) groups is 1. The lowest BCUT2D eigenvalue weighted by molar-refractivity contribution is 0.0931. The fourth-order valence-corrected chi connectivity index (χ4v) is 2.99. The third-order valence-electron chi connectivity index (χ3n) is 4.52. The smallest absolute Gasteiger partial charge is 0.191 e. The van der Waals surface area contributed by atoms with E-state index in [9.17, 15) is 0 Å². The molecule has 0 aliphatic carbocycles. The van der Waals surface area contributed by atoms with Gasteiger partial charge in [0.25, 0.3) is 0 Å². The van der Waals surface area contributed by atoms with E-state index in [1.807, 2.05) is 30.5 Å². The maximum absolute atomic E-state index is 5.82. The molecule has 0 saturated heterocycles. The number of hydrogen-bond acceptors (Lipinski definition) is 3. The average molecular weight is 377 g/mol. The van der Waals surface area contributed by atoms with Crippen LogP contribution in [0.5, 0.6) is 0 Å². The molecule has 0 aliphatic rings. The fourth-order valence-electron chi connectivity index (χ4n) is 2.99. The summed E-state index contributed by atoms with van der Waals surface area (Å²) in [6.07, 6.45) is 1.83. The van der Waals surface area contributed by atoms with Gasteiger partial charge in [-0.15, -0.1) is 0 Å². The zero-order chi connectivity index (χ0) is 19.6. The zero-order valence-electron chi connectivity index (χ0n) is 16.6. The Kier molecular flexibility index (Phi) is 7.38. The van der Waals surface area contributed by atoms with E-state index in [1.54, 1.807) is 7.05 Å². The molecular formula is C23H28N4O. The summed E-state index contributed by atoms with van der Waals surface area (Å²) in [5.74, 6) is 1.16. The van der Waals surface area contributed by atoms with Crippen LogP contribution in [0.1, 0.15) is 18.1 Å². The number of pyridine rings is 1. The van der Waals surface area contributed by atoms with Crippen LogP contribution in [0.25, 0.3) is 10.9 Å². The number of aromatic nitrogens is 1. The summed E-state index contributed by atoms with van der Waals surface area (Å²) in [6.45, 7) is 4.98. The Bertz CT molecular complexity index is 890. The van der Waals surface area contributed by atoms with E-state index in [0.29, 0.717) is 25.7 Å². The van der Waals surface area contributed by atoms with E-state index < -0.39 is 0 Å². The van der Waals surface area contributed by atoms with E-state index >= 15 is 0 Å². The van der Waals surface area contributed by atoms with Crippen molar-refractivity contribution in [1.29, 1.82) is 0 Å². The predicted molar refractivity (Wildman–Crippen MR) is 115 cm³/mol. The van der Waals surface area contributed by atoms with Crippen LogP contribution >= 0.6 is 0 Å². The molecule has 2 N–H and O–H groups in total. The van der Waals surface area contributed by atoms with E-state index in [0.717, 1.165) is 29.0 Å². The van der Waals surface area contributed by atoms with Crippen molar-refractivity contribution in [2.24, 2.45) is 10.9 Å². The van der Waals surface area contributed by atoms with Crippen LogP contribution in [0.3, 0.4) is 0 Å².